The van der Waals surface area contributed by atoms with Gasteiger partial charge in [0.25, 0.3) is 0 Å². The minimum atomic E-state index is -0.858. The lowest BCUT2D eigenvalue weighted by Gasteiger charge is -2.18. The molecule has 0 saturated heterocycles. The summed E-state index contributed by atoms with van der Waals surface area (Å²) < 4.78 is 13.7. The molecule has 0 aliphatic heterocycles. The molecule has 0 aromatic carbocycles. The van der Waals surface area contributed by atoms with Crippen LogP contribution in [0.15, 0.2) is 4.99 Å². The Morgan fingerprint density at radius 2 is 1.91 bits per heavy atom. The Morgan fingerprint density at radius 1 is 1.30 bits per heavy atom. The Bertz CT molecular complexity index is 563. The molecule has 0 fully saturated rings. The summed E-state index contributed by atoms with van der Waals surface area (Å²) >= 11 is 0. The number of aryl methyl sites for hydroxylation is 2. The number of hydrogen-bond acceptors (Lipinski definition) is 3. The third-order valence-electron chi connectivity index (χ3n) is 3.58. The largest absolute Gasteiger partial charge is 0.355 e. The van der Waals surface area contributed by atoms with Crippen molar-refractivity contribution in [2.45, 2.75) is 45.9 Å². The van der Waals surface area contributed by atoms with Gasteiger partial charge in [-0.3, -0.25) is 13.9 Å². The van der Waals surface area contributed by atoms with E-state index in [1.165, 1.54) is 5.56 Å². The fourth-order valence-corrected chi connectivity index (χ4v) is 2.93. The van der Waals surface area contributed by atoms with E-state index in [-0.39, 0.29) is 28.7 Å². The second kappa shape index (κ2) is 9.61. The number of aromatic nitrogens is 2. The molecule has 0 aliphatic rings. The molecule has 2 N–H and O–H groups in total. The van der Waals surface area contributed by atoms with Crippen molar-refractivity contribution in [3.05, 3.63) is 17.0 Å². The van der Waals surface area contributed by atoms with Crippen LogP contribution < -0.4 is 10.6 Å². The van der Waals surface area contributed by atoms with Gasteiger partial charge in [0.2, 0.25) is 0 Å². The van der Waals surface area contributed by atoms with Gasteiger partial charge >= 0.3 is 0 Å². The van der Waals surface area contributed by atoms with Gasteiger partial charge in [-0.1, -0.05) is 0 Å². The van der Waals surface area contributed by atoms with Crippen molar-refractivity contribution in [2.75, 3.05) is 19.3 Å². The summed E-state index contributed by atoms with van der Waals surface area (Å²) in [5.74, 6) is 1.32. The van der Waals surface area contributed by atoms with Gasteiger partial charge in [-0.2, -0.15) is 5.10 Å². The lowest BCUT2D eigenvalue weighted by molar-refractivity contribution is 0.647. The minimum absolute atomic E-state index is 0. The molecule has 134 valence electrons. The maximum absolute atomic E-state index is 12.0. The van der Waals surface area contributed by atoms with Gasteiger partial charge in [-0.15, -0.1) is 24.0 Å². The van der Waals surface area contributed by atoms with Gasteiger partial charge in [0, 0.05) is 59.7 Å². The van der Waals surface area contributed by atoms with Crippen LogP contribution in [0.5, 0.6) is 0 Å². The number of nitrogens with zero attached hydrogens (tertiary/aromatic N) is 3. The van der Waals surface area contributed by atoms with E-state index in [2.05, 4.69) is 27.6 Å². The van der Waals surface area contributed by atoms with Crippen LogP contribution in [-0.2, 0) is 24.4 Å². The highest BCUT2D eigenvalue weighted by Gasteiger charge is 2.18. The Kier molecular flexibility index (Phi) is 9.34. The number of rotatable bonds is 5. The third-order valence-corrected chi connectivity index (χ3v) is 5.52. The van der Waals surface area contributed by atoms with Crippen LogP contribution in [0, 0.1) is 13.8 Å². The molecule has 0 bridgehead atoms. The molecule has 23 heavy (non-hydrogen) atoms. The molecule has 1 rings (SSSR count). The van der Waals surface area contributed by atoms with Crippen molar-refractivity contribution in [3.8, 4) is 0 Å². The highest BCUT2D eigenvalue weighted by Crippen LogP contribution is 2.11. The molecule has 0 radical (unpaired) electrons. The third kappa shape index (κ3) is 6.78. The van der Waals surface area contributed by atoms with Gasteiger partial charge in [-0.25, -0.2) is 0 Å². The number of aliphatic imine (C=N–C) groups is 1. The zero-order chi connectivity index (χ0) is 16.9. The van der Waals surface area contributed by atoms with E-state index >= 15 is 0 Å². The topological polar surface area (TPSA) is 71.3 Å². The summed E-state index contributed by atoms with van der Waals surface area (Å²) in [7, 11) is 2.82. The molecule has 1 aromatic heterocycles. The van der Waals surface area contributed by atoms with E-state index in [0.29, 0.717) is 24.8 Å². The maximum atomic E-state index is 12.0. The summed E-state index contributed by atoms with van der Waals surface area (Å²) in [6.45, 7) is 11.3. The van der Waals surface area contributed by atoms with E-state index in [4.69, 9.17) is 0 Å². The van der Waals surface area contributed by atoms with Gasteiger partial charge in [0.1, 0.15) is 0 Å². The predicted molar refractivity (Wildman–Crippen MR) is 109 cm³/mol. The Balaban J connectivity index is 0.00000484. The van der Waals surface area contributed by atoms with E-state index in [0.717, 1.165) is 11.4 Å². The van der Waals surface area contributed by atoms with E-state index < -0.39 is 10.8 Å². The van der Waals surface area contributed by atoms with Gasteiger partial charge in [-0.05, 0) is 34.6 Å². The van der Waals surface area contributed by atoms with Crippen molar-refractivity contribution < 1.29 is 4.21 Å². The Hall–Kier alpha value is -0.640. The van der Waals surface area contributed by atoms with Crippen LogP contribution in [0.4, 0.5) is 0 Å². The van der Waals surface area contributed by atoms with Gasteiger partial charge in [0.05, 0.1) is 5.69 Å². The van der Waals surface area contributed by atoms with Gasteiger partial charge < -0.3 is 10.6 Å². The number of nitrogens with one attached hydrogen (secondary N) is 2. The number of halogens is 1. The fraction of sp³-hybridized carbons (Fsp3) is 0.733. The summed E-state index contributed by atoms with van der Waals surface area (Å²) in [5.41, 5.74) is 3.36. The molecule has 0 spiro atoms. The SMILES string of the molecule is CN=C(NCCS(=O)C(C)(C)C)NCc1c(C)nn(C)c1C.I. The van der Waals surface area contributed by atoms with Crippen LogP contribution in [0.2, 0.25) is 0 Å². The van der Waals surface area contributed by atoms with E-state index in [1.54, 1.807) is 7.05 Å². The van der Waals surface area contributed by atoms with Crippen LogP contribution in [0.3, 0.4) is 0 Å². The summed E-state index contributed by atoms with van der Waals surface area (Å²) in [5, 5.41) is 10.9. The first-order valence-corrected chi connectivity index (χ1v) is 8.80. The van der Waals surface area contributed by atoms with Crippen LogP contribution in [0.25, 0.3) is 0 Å². The van der Waals surface area contributed by atoms with Crippen molar-refractivity contribution in [1.82, 2.24) is 20.4 Å². The van der Waals surface area contributed by atoms with Gasteiger partial charge in [0.15, 0.2) is 5.96 Å². The first-order chi connectivity index (χ1) is 10.2. The molecule has 1 aromatic rings. The highest BCUT2D eigenvalue weighted by atomic mass is 127. The predicted octanol–water partition coefficient (Wildman–Crippen LogP) is 1.87. The lowest BCUT2D eigenvalue weighted by atomic mass is 10.2. The quantitative estimate of drug-likeness (QED) is 0.404. The van der Waals surface area contributed by atoms with E-state index in [9.17, 15) is 4.21 Å². The highest BCUT2D eigenvalue weighted by molar-refractivity contribution is 14.0. The summed E-state index contributed by atoms with van der Waals surface area (Å²) in [4.78, 5) is 4.20. The standard InChI is InChI=1S/C15H29N5OS.HI/c1-11-13(12(2)20(7)19-11)10-18-14(16-6)17-8-9-22(21)15(3,4)5;/h8-10H2,1-7H3,(H2,16,17,18);1H. The van der Waals surface area contributed by atoms with E-state index in [1.807, 2.05) is 39.4 Å². The van der Waals surface area contributed by atoms with Crippen molar-refractivity contribution in [2.24, 2.45) is 12.0 Å². The first kappa shape index (κ1) is 22.4. The molecule has 6 nitrogen and oxygen atoms in total. The minimum Gasteiger partial charge on any atom is -0.355 e. The van der Waals surface area contributed by atoms with Crippen molar-refractivity contribution in [1.29, 1.82) is 0 Å². The molecule has 8 heteroatoms. The molecule has 1 heterocycles. The Morgan fingerprint density at radius 3 is 2.35 bits per heavy atom. The maximum Gasteiger partial charge on any atom is 0.191 e. The fourth-order valence-electron chi connectivity index (χ4n) is 2.03. The van der Waals surface area contributed by atoms with Crippen molar-refractivity contribution in [3.63, 3.8) is 0 Å². The van der Waals surface area contributed by atoms with Crippen LogP contribution >= 0.6 is 24.0 Å². The summed E-state index contributed by atoms with van der Waals surface area (Å²) in [6, 6.07) is 0. The molecule has 1 atom stereocenters. The number of hydrogen-bond donors (Lipinski definition) is 2. The zero-order valence-corrected chi connectivity index (χ0v) is 18.3. The van der Waals surface area contributed by atoms with Crippen molar-refractivity contribution >= 4 is 40.7 Å². The number of guanidine groups is 1. The monoisotopic (exact) mass is 455 g/mol. The molecule has 0 amide bonds. The summed E-state index contributed by atoms with van der Waals surface area (Å²) in [6.07, 6.45) is 0. The first-order valence-electron chi connectivity index (χ1n) is 7.49. The average Bonchev–Trinajstić information content (AvgIpc) is 2.66. The molecule has 1 unspecified atom stereocenters. The molecule has 0 saturated carbocycles. The van der Waals surface area contributed by atoms with Crippen LogP contribution in [0.1, 0.15) is 37.7 Å². The Labute approximate surface area is 159 Å². The van der Waals surface area contributed by atoms with Crippen LogP contribution in [-0.4, -0.2) is 44.0 Å². The second-order valence-electron chi connectivity index (χ2n) is 6.29. The molecular formula is C15H30IN5OS. The zero-order valence-electron chi connectivity index (χ0n) is 15.2. The molecule has 0 aliphatic carbocycles. The smallest absolute Gasteiger partial charge is 0.191 e. The normalized spacial score (nSPS) is 13.4. The average molecular weight is 455 g/mol. The lowest BCUT2D eigenvalue weighted by Crippen LogP contribution is -2.40. The second-order valence-corrected chi connectivity index (χ2v) is 8.61. The molecular weight excluding hydrogens is 425 g/mol.